The summed E-state index contributed by atoms with van der Waals surface area (Å²) < 4.78 is 83.4. The van der Waals surface area contributed by atoms with Crippen LogP contribution in [0.5, 0.6) is 0 Å². The summed E-state index contributed by atoms with van der Waals surface area (Å²) in [4.78, 5) is 30.3. The number of rotatable bonds is 23. The first-order valence-corrected chi connectivity index (χ1v) is 20.2. The molecule has 0 amide bonds. The van der Waals surface area contributed by atoms with Crippen LogP contribution in [0.1, 0.15) is 51.4 Å². The Morgan fingerprint density at radius 3 is 1.20 bits per heavy atom. The van der Waals surface area contributed by atoms with E-state index in [1.165, 1.54) is 36.4 Å². The molecule has 3 rings (SSSR count). The van der Waals surface area contributed by atoms with Crippen molar-refractivity contribution in [3.05, 3.63) is 103 Å². The molecule has 2 N–H and O–H groups in total. The topological polar surface area (TPSA) is 259 Å². The smallest absolute Gasteiger partial charge is 0.258 e. The minimum atomic E-state index is -4.30. The van der Waals surface area contributed by atoms with Gasteiger partial charge >= 0.3 is 0 Å². The van der Waals surface area contributed by atoms with E-state index in [1.54, 1.807) is 0 Å². The summed E-state index contributed by atoms with van der Waals surface area (Å²) >= 11 is 0. The molecule has 21 heteroatoms. The van der Waals surface area contributed by atoms with Crippen LogP contribution in [0.15, 0.2) is 87.5 Å². The molecule has 0 spiro atoms. The van der Waals surface area contributed by atoms with E-state index in [4.69, 9.17) is 0 Å². The third kappa shape index (κ3) is 11.6. The van der Waals surface area contributed by atoms with Crippen LogP contribution in [0.25, 0.3) is 0 Å². The third-order valence-electron chi connectivity index (χ3n) is 7.64. The van der Waals surface area contributed by atoms with Crippen LogP contribution in [-0.4, -0.2) is 70.5 Å². The fourth-order valence-corrected chi connectivity index (χ4v) is 9.25. The SMILES string of the molecule is O=[N+]([O-])c1ccccc1S(=O)(=O)NCCCCCCCN(CCCCCNS(=O)(=O)c1ccccc1[N+](=O)[O-])S(=O)(=O)c1ccccc1[N+](=O)[O-]. The van der Waals surface area contributed by atoms with Crippen LogP contribution in [0, 0.1) is 30.3 Å². The zero-order valence-electron chi connectivity index (χ0n) is 27.3. The quantitative estimate of drug-likeness (QED) is 0.0768. The van der Waals surface area contributed by atoms with Crippen LogP contribution < -0.4 is 9.44 Å². The summed E-state index contributed by atoms with van der Waals surface area (Å²) in [5.74, 6) is 0. The number of para-hydroxylation sites is 3. The van der Waals surface area contributed by atoms with E-state index in [9.17, 15) is 55.6 Å². The van der Waals surface area contributed by atoms with Gasteiger partial charge in [-0.2, -0.15) is 4.31 Å². The Bertz CT molecular complexity index is 2030. The standard InChI is InChI=1S/C30H38N6O12S3/c37-34(38)25-15-5-8-18-28(25)49(43,44)31-21-11-2-1-3-13-23-33(51(47,48)30-20-10-7-17-27(30)36(41)42)24-14-4-12-22-32-50(45,46)29-19-9-6-16-26(29)35(39)40/h5-10,15-20,31-32H,1-4,11-14,21-24H2. The van der Waals surface area contributed by atoms with Crippen LogP contribution in [0.3, 0.4) is 0 Å². The van der Waals surface area contributed by atoms with Gasteiger partial charge in [0, 0.05) is 44.4 Å². The summed E-state index contributed by atoms with van der Waals surface area (Å²) in [5, 5.41) is 34.0. The van der Waals surface area contributed by atoms with Crippen LogP contribution >= 0.6 is 0 Å². The second kappa shape index (κ2) is 18.7. The van der Waals surface area contributed by atoms with E-state index < -0.39 is 76.6 Å². The van der Waals surface area contributed by atoms with Gasteiger partial charge < -0.3 is 0 Å². The van der Waals surface area contributed by atoms with Crippen molar-refractivity contribution in [2.75, 3.05) is 26.2 Å². The number of unbranched alkanes of at least 4 members (excludes halogenated alkanes) is 6. The summed E-state index contributed by atoms with van der Waals surface area (Å²) in [6.45, 7) is -0.0175. The second-order valence-corrected chi connectivity index (χ2v) is 16.6. The Morgan fingerprint density at radius 2 is 0.784 bits per heavy atom. The predicted molar refractivity (Wildman–Crippen MR) is 185 cm³/mol. The molecule has 51 heavy (non-hydrogen) atoms. The molecule has 0 fully saturated rings. The van der Waals surface area contributed by atoms with Gasteiger partial charge in [0.2, 0.25) is 30.1 Å². The van der Waals surface area contributed by atoms with Crippen molar-refractivity contribution in [2.45, 2.75) is 66.1 Å². The van der Waals surface area contributed by atoms with Gasteiger partial charge in [0.15, 0.2) is 14.7 Å². The molecular weight excluding hydrogens is 733 g/mol. The summed E-state index contributed by atoms with van der Waals surface area (Å²) in [5.41, 5.74) is -1.68. The lowest BCUT2D eigenvalue weighted by Gasteiger charge is -2.22. The molecule has 0 saturated heterocycles. The summed E-state index contributed by atoms with van der Waals surface area (Å²) in [7, 11) is -12.6. The lowest BCUT2D eigenvalue weighted by molar-refractivity contribution is -0.388. The van der Waals surface area contributed by atoms with Gasteiger partial charge in [-0.3, -0.25) is 30.3 Å². The van der Waals surface area contributed by atoms with Crippen molar-refractivity contribution in [1.82, 2.24) is 13.7 Å². The maximum atomic E-state index is 13.6. The molecule has 0 aromatic heterocycles. The maximum absolute atomic E-state index is 13.6. The number of nitrogens with zero attached hydrogens (tertiary/aromatic N) is 4. The molecule has 0 heterocycles. The normalized spacial score (nSPS) is 12.2. The zero-order valence-corrected chi connectivity index (χ0v) is 29.8. The number of hydrogen-bond donors (Lipinski definition) is 2. The van der Waals surface area contributed by atoms with Crippen molar-refractivity contribution in [3.8, 4) is 0 Å². The van der Waals surface area contributed by atoms with E-state index >= 15 is 0 Å². The number of hydrogen-bond acceptors (Lipinski definition) is 12. The molecule has 0 radical (unpaired) electrons. The number of benzene rings is 3. The highest BCUT2D eigenvalue weighted by Gasteiger charge is 2.31. The fraction of sp³-hybridized carbons (Fsp3) is 0.400. The van der Waals surface area contributed by atoms with Gasteiger partial charge in [0.05, 0.1) is 14.8 Å². The Hall–Kier alpha value is -4.41. The molecular formula is C30H38N6O12S3. The average Bonchev–Trinajstić information content (AvgIpc) is 3.09. The third-order valence-corrected chi connectivity index (χ3v) is 12.6. The Balaban J connectivity index is 1.53. The van der Waals surface area contributed by atoms with Gasteiger partial charge in [-0.15, -0.1) is 0 Å². The minimum Gasteiger partial charge on any atom is -0.258 e. The molecule has 3 aromatic carbocycles. The monoisotopic (exact) mass is 770 g/mol. The molecule has 278 valence electrons. The van der Waals surface area contributed by atoms with Gasteiger partial charge in [-0.05, 0) is 43.9 Å². The average molecular weight is 771 g/mol. The lowest BCUT2D eigenvalue weighted by atomic mass is 10.1. The molecule has 0 atom stereocenters. The van der Waals surface area contributed by atoms with E-state index in [-0.39, 0.29) is 39.0 Å². The summed E-state index contributed by atoms with van der Waals surface area (Å²) in [6, 6.07) is 14.9. The molecule has 0 unspecified atom stereocenters. The second-order valence-electron chi connectivity index (χ2n) is 11.2. The fourth-order valence-electron chi connectivity index (χ4n) is 5.09. The zero-order chi connectivity index (χ0) is 37.7. The number of sulfonamides is 3. The van der Waals surface area contributed by atoms with Gasteiger partial charge in [-0.1, -0.05) is 62.1 Å². The number of nitro groups is 3. The van der Waals surface area contributed by atoms with Crippen molar-refractivity contribution in [3.63, 3.8) is 0 Å². The summed E-state index contributed by atoms with van der Waals surface area (Å²) in [6.07, 6.45) is 3.45. The highest BCUT2D eigenvalue weighted by Crippen LogP contribution is 2.28. The lowest BCUT2D eigenvalue weighted by Crippen LogP contribution is -2.33. The van der Waals surface area contributed by atoms with E-state index in [1.807, 2.05) is 0 Å². The van der Waals surface area contributed by atoms with Crippen molar-refractivity contribution in [2.24, 2.45) is 0 Å². The van der Waals surface area contributed by atoms with E-state index in [2.05, 4.69) is 9.44 Å². The maximum Gasteiger partial charge on any atom is 0.289 e. The first-order valence-electron chi connectivity index (χ1n) is 15.8. The minimum absolute atomic E-state index is 0.0152. The Morgan fingerprint density at radius 1 is 0.471 bits per heavy atom. The molecule has 0 bridgehead atoms. The van der Waals surface area contributed by atoms with Crippen LogP contribution in [-0.2, 0) is 30.1 Å². The van der Waals surface area contributed by atoms with Crippen LogP contribution in [0.2, 0.25) is 0 Å². The largest absolute Gasteiger partial charge is 0.289 e. The van der Waals surface area contributed by atoms with Gasteiger partial charge in [0.1, 0.15) is 0 Å². The Labute approximate surface area is 295 Å². The molecule has 0 aliphatic heterocycles. The predicted octanol–water partition coefficient (Wildman–Crippen LogP) is 4.48. The number of nitrogens with one attached hydrogen (secondary N) is 2. The molecule has 0 aliphatic carbocycles. The van der Waals surface area contributed by atoms with E-state index in [0.29, 0.717) is 38.5 Å². The van der Waals surface area contributed by atoms with Gasteiger partial charge in [-0.25, -0.2) is 34.7 Å². The molecule has 18 nitrogen and oxygen atoms in total. The first kappa shape index (κ1) is 41.0. The molecule has 0 saturated carbocycles. The number of nitro benzene ring substituents is 3. The Kier molecular flexibility index (Phi) is 15.1. The van der Waals surface area contributed by atoms with Gasteiger partial charge in [0.25, 0.3) is 17.1 Å². The first-order chi connectivity index (χ1) is 24.1. The molecule has 3 aromatic rings. The molecule has 0 aliphatic rings. The van der Waals surface area contributed by atoms with Crippen molar-refractivity contribution < 1.29 is 40.0 Å². The highest BCUT2D eigenvalue weighted by molar-refractivity contribution is 7.90. The highest BCUT2D eigenvalue weighted by atomic mass is 32.2. The van der Waals surface area contributed by atoms with E-state index in [0.717, 1.165) is 40.7 Å². The van der Waals surface area contributed by atoms with Crippen molar-refractivity contribution in [1.29, 1.82) is 0 Å². The van der Waals surface area contributed by atoms with Crippen molar-refractivity contribution >= 4 is 47.1 Å². The van der Waals surface area contributed by atoms with Crippen LogP contribution in [0.4, 0.5) is 17.1 Å².